The molecular weight excluding hydrogens is 302 g/mol. The molecule has 0 heterocycles. The Bertz CT molecular complexity index is 674. The molecular formula is C20H23NO3. The van der Waals surface area contributed by atoms with Crippen LogP contribution in [0.25, 0.3) is 0 Å². The van der Waals surface area contributed by atoms with E-state index in [-0.39, 0.29) is 0 Å². The van der Waals surface area contributed by atoms with Gasteiger partial charge in [0, 0.05) is 12.6 Å². The third-order valence-electron chi connectivity index (χ3n) is 4.92. The molecule has 0 saturated heterocycles. The van der Waals surface area contributed by atoms with E-state index in [0.29, 0.717) is 18.2 Å². The van der Waals surface area contributed by atoms with Crippen LogP contribution in [0, 0.1) is 0 Å². The third-order valence-corrected chi connectivity index (χ3v) is 4.92. The second-order valence-corrected chi connectivity index (χ2v) is 6.55. The SMILES string of the molecule is O=C(O)c1ccc(CNC2CCC(O)(c3ccccc3)CC2)cc1. The Labute approximate surface area is 142 Å². The molecule has 1 aliphatic rings. The Morgan fingerprint density at radius 1 is 1.04 bits per heavy atom. The average molecular weight is 325 g/mol. The fourth-order valence-corrected chi connectivity index (χ4v) is 3.36. The minimum absolute atomic E-state index is 0.310. The molecule has 1 saturated carbocycles. The van der Waals surface area contributed by atoms with Gasteiger partial charge in [-0.2, -0.15) is 0 Å². The van der Waals surface area contributed by atoms with Gasteiger partial charge in [0.25, 0.3) is 0 Å². The molecule has 2 aromatic rings. The van der Waals surface area contributed by atoms with Crippen molar-refractivity contribution in [1.82, 2.24) is 5.32 Å². The minimum atomic E-state index is -0.901. The van der Waals surface area contributed by atoms with Crippen molar-refractivity contribution >= 4 is 5.97 Å². The number of carbonyl (C=O) groups is 1. The van der Waals surface area contributed by atoms with E-state index in [1.165, 1.54) is 0 Å². The first-order chi connectivity index (χ1) is 11.6. The number of aliphatic hydroxyl groups is 1. The van der Waals surface area contributed by atoms with Crippen molar-refractivity contribution in [3.8, 4) is 0 Å². The van der Waals surface area contributed by atoms with Crippen molar-refractivity contribution in [2.24, 2.45) is 0 Å². The van der Waals surface area contributed by atoms with Crippen molar-refractivity contribution in [2.75, 3.05) is 0 Å². The van der Waals surface area contributed by atoms with Crippen LogP contribution in [0.2, 0.25) is 0 Å². The van der Waals surface area contributed by atoms with E-state index in [4.69, 9.17) is 5.11 Å². The standard InChI is InChI=1S/C20H23NO3/c22-19(23)16-8-6-15(7-9-16)14-21-18-10-12-20(24,13-11-18)17-4-2-1-3-5-17/h1-9,18,21,24H,10-14H2,(H,22,23). The molecule has 0 bridgehead atoms. The van der Waals surface area contributed by atoms with Crippen molar-refractivity contribution < 1.29 is 15.0 Å². The highest BCUT2D eigenvalue weighted by atomic mass is 16.4. The summed E-state index contributed by atoms with van der Waals surface area (Å²) >= 11 is 0. The van der Waals surface area contributed by atoms with Gasteiger partial charge in [0.2, 0.25) is 0 Å². The van der Waals surface area contributed by atoms with Crippen LogP contribution in [0.4, 0.5) is 0 Å². The predicted octanol–water partition coefficient (Wildman–Crippen LogP) is 3.30. The van der Waals surface area contributed by atoms with Gasteiger partial charge in [0.15, 0.2) is 0 Å². The zero-order valence-corrected chi connectivity index (χ0v) is 13.6. The molecule has 0 atom stereocenters. The predicted molar refractivity (Wildman–Crippen MR) is 92.8 cm³/mol. The average Bonchev–Trinajstić information content (AvgIpc) is 2.62. The topological polar surface area (TPSA) is 69.6 Å². The Morgan fingerprint density at radius 2 is 1.67 bits per heavy atom. The lowest BCUT2D eigenvalue weighted by atomic mass is 9.78. The number of hydrogen-bond acceptors (Lipinski definition) is 3. The molecule has 0 aromatic heterocycles. The molecule has 3 rings (SSSR count). The van der Waals surface area contributed by atoms with Gasteiger partial charge < -0.3 is 15.5 Å². The van der Waals surface area contributed by atoms with E-state index in [1.807, 2.05) is 42.5 Å². The smallest absolute Gasteiger partial charge is 0.335 e. The number of benzene rings is 2. The highest BCUT2D eigenvalue weighted by Crippen LogP contribution is 2.36. The first-order valence-electron chi connectivity index (χ1n) is 8.40. The maximum atomic E-state index is 10.9. The minimum Gasteiger partial charge on any atom is -0.478 e. The number of aromatic carboxylic acids is 1. The van der Waals surface area contributed by atoms with Gasteiger partial charge >= 0.3 is 5.97 Å². The molecule has 0 unspecified atom stereocenters. The molecule has 126 valence electrons. The van der Waals surface area contributed by atoms with Gasteiger partial charge in [-0.1, -0.05) is 42.5 Å². The summed E-state index contributed by atoms with van der Waals surface area (Å²) in [5, 5.41) is 23.3. The fourth-order valence-electron chi connectivity index (χ4n) is 3.36. The van der Waals surface area contributed by atoms with Gasteiger partial charge in [0.1, 0.15) is 0 Å². The summed E-state index contributed by atoms with van der Waals surface area (Å²) in [5.74, 6) is -0.901. The number of hydrogen-bond donors (Lipinski definition) is 3. The Balaban J connectivity index is 1.51. The summed E-state index contributed by atoms with van der Waals surface area (Å²) < 4.78 is 0. The Morgan fingerprint density at radius 3 is 2.25 bits per heavy atom. The zero-order valence-electron chi connectivity index (χ0n) is 13.6. The monoisotopic (exact) mass is 325 g/mol. The Kier molecular flexibility index (Phi) is 4.97. The molecule has 1 fully saturated rings. The van der Waals surface area contributed by atoms with Crippen LogP contribution in [0.5, 0.6) is 0 Å². The lowest BCUT2D eigenvalue weighted by Crippen LogP contribution is -2.39. The van der Waals surface area contributed by atoms with E-state index >= 15 is 0 Å². The van der Waals surface area contributed by atoms with Gasteiger partial charge in [0.05, 0.1) is 11.2 Å². The molecule has 0 aliphatic heterocycles. The van der Waals surface area contributed by atoms with Gasteiger partial charge in [-0.25, -0.2) is 4.79 Å². The molecule has 0 amide bonds. The number of rotatable bonds is 5. The maximum Gasteiger partial charge on any atom is 0.335 e. The van der Waals surface area contributed by atoms with Crippen LogP contribution in [-0.4, -0.2) is 22.2 Å². The molecule has 3 N–H and O–H groups in total. The van der Waals surface area contributed by atoms with Gasteiger partial charge in [-0.15, -0.1) is 0 Å². The van der Waals surface area contributed by atoms with Crippen LogP contribution < -0.4 is 5.32 Å². The molecule has 4 nitrogen and oxygen atoms in total. The summed E-state index contributed by atoms with van der Waals surface area (Å²) in [6, 6.07) is 17.2. The lowest BCUT2D eigenvalue weighted by Gasteiger charge is -2.36. The van der Waals surface area contributed by atoms with Crippen LogP contribution in [0.1, 0.15) is 47.2 Å². The van der Waals surface area contributed by atoms with E-state index in [9.17, 15) is 9.90 Å². The third kappa shape index (κ3) is 3.83. The summed E-state index contributed by atoms with van der Waals surface area (Å²) in [6.07, 6.45) is 3.37. The zero-order chi connectivity index (χ0) is 17.0. The van der Waals surface area contributed by atoms with Crippen molar-refractivity contribution in [2.45, 2.75) is 43.9 Å². The number of carboxylic acid groups (broad SMARTS) is 1. The molecule has 4 heteroatoms. The van der Waals surface area contributed by atoms with E-state index in [1.54, 1.807) is 12.1 Å². The normalized spacial score (nSPS) is 23.8. The molecule has 2 aromatic carbocycles. The molecule has 1 aliphatic carbocycles. The Hall–Kier alpha value is -2.17. The highest BCUT2D eigenvalue weighted by molar-refractivity contribution is 5.87. The van der Waals surface area contributed by atoms with Gasteiger partial charge in [-0.3, -0.25) is 0 Å². The van der Waals surface area contributed by atoms with Gasteiger partial charge in [-0.05, 0) is 48.9 Å². The second-order valence-electron chi connectivity index (χ2n) is 6.55. The number of nitrogens with one attached hydrogen (secondary N) is 1. The van der Waals surface area contributed by atoms with Crippen LogP contribution >= 0.6 is 0 Å². The largest absolute Gasteiger partial charge is 0.478 e. The maximum absolute atomic E-state index is 10.9. The van der Waals surface area contributed by atoms with E-state index < -0.39 is 11.6 Å². The molecule has 24 heavy (non-hydrogen) atoms. The highest BCUT2D eigenvalue weighted by Gasteiger charge is 2.34. The summed E-state index contributed by atoms with van der Waals surface area (Å²) in [7, 11) is 0. The van der Waals surface area contributed by atoms with E-state index in [2.05, 4.69) is 5.32 Å². The summed E-state index contributed by atoms with van der Waals surface area (Å²) in [5.41, 5.74) is 1.68. The van der Waals surface area contributed by atoms with Crippen LogP contribution in [-0.2, 0) is 12.1 Å². The molecule has 0 spiro atoms. The molecule has 0 radical (unpaired) electrons. The quantitative estimate of drug-likeness (QED) is 0.789. The first kappa shape index (κ1) is 16.7. The summed E-state index contributed by atoms with van der Waals surface area (Å²) in [4.78, 5) is 10.9. The van der Waals surface area contributed by atoms with Crippen molar-refractivity contribution in [3.63, 3.8) is 0 Å². The van der Waals surface area contributed by atoms with Crippen molar-refractivity contribution in [3.05, 3.63) is 71.3 Å². The first-order valence-corrected chi connectivity index (χ1v) is 8.40. The van der Waals surface area contributed by atoms with Crippen LogP contribution in [0.3, 0.4) is 0 Å². The number of carboxylic acids is 1. The second kappa shape index (κ2) is 7.16. The summed E-state index contributed by atoms with van der Waals surface area (Å²) in [6.45, 7) is 0.717. The van der Waals surface area contributed by atoms with Crippen LogP contribution in [0.15, 0.2) is 54.6 Å². The fraction of sp³-hybridized carbons (Fsp3) is 0.350. The van der Waals surface area contributed by atoms with Crippen molar-refractivity contribution in [1.29, 1.82) is 0 Å². The van der Waals surface area contributed by atoms with E-state index in [0.717, 1.165) is 36.8 Å². The lowest BCUT2D eigenvalue weighted by molar-refractivity contribution is -0.00847.